The summed E-state index contributed by atoms with van der Waals surface area (Å²) in [6.45, 7) is 5.91. The van der Waals surface area contributed by atoms with E-state index < -0.39 is 5.41 Å². The zero-order valence-electron chi connectivity index (χ0n) is 24.8. The second-order valence-corrected chi connectivity index (χ2v) is 11.5. The monoisotopic (exact) mass is 569 g/mol. The number of benzene rings is 2. The minimum absolute atomic E-state index is 0.0709. The fourth-order valence-corrected chi connectivity index (χ4v) is 5.79. The number of amides is 3. The lowest BCUT2D eigenvalue weighted by Crippen LogP contribution is -2.46. The first-order valence-electron chi connectivity index (χ1n) is 14.5. The van der Waals surface area contributed by atoms with Crippen molar-refractivity contribution in [2.24, 2.45) is 5.41 Å². The molecule has 220 valence electrons. The first-order chi connectivity index (χ1) is 20.2. The van der Waals surface area contributed by atoms with E-state index in [2.05, 4.69) is 10.3 Å². The number of ether oxygens (including phenoxy) is 1. The molecule has 0 saturated carbocycles. The molecular formula is C33H39N5O4. The van der Waals surface area contributed by atoms with Gasteiger partial charge in [-0.05, 0) is 81.1 Å². The van der Waals surface area contributed by atoms with Crippen LogP contribution in [0.2, 0.25) is 0 Å². The molecule has 3 heterocycles. The maximum absolute atomic E-state index is 13.1. The number of fused-ring (bicyclic) bond motifs is 2. The van der Waals surface area contributed by atoms with Gasteiger partial charge in [0.1, 0.15) is 11.2 Å². The van der Waals surface area contributed by atoms with E-state index in [1.807, 2.05) is 59.5 Å². The van der Waals surface area contributed by atoms with Crippen LogP contribution in [0.3, 0.4) is 0 Å². The fraction of sp³-hybridized carbons (Fsp3) is 0.394. The normalized spacial score (nSPS) is 17.0. The van der Waals surface area contributed by atoms with Gasteiger partial charge < -0.3 is 24.8 Å². The molecule has 3 aromatic rings. The minimum Gasteiger partial charge on any atom is -0.493 e. The lowest BCUT2D eigenvalue weighted by Gasteiger charge is -2.30. The van der Waals surface area contributed by atoms with Gasteiger partial charge in [-0.2, -0.15) is 0 Å². The van der Waals surface area contributed by atoms with Crippen molar-refractivity contribution in [2.45, 2.75) is 39.2 Å². The van der Waals surface area contributed by atoms with Gasteiger partial charge in [0.05, 0.1) is 18.0 Å². The molecule has 9 heteroatoms. The van der Waals surface area contributed by atoms with Gasteiger partial charge in [-0.3, -0.25) is 19.4 Å². The topological polar surface area (TPSA) is 95.1 Å². The second-order valence-electron chi connectivity index (χ2n) is 11.5. The molecule has 2 aromatic carbocycles. The third-order valence-corrected chi connectivity index (χ3v) is 8.31. The summed E-state index contributed by atoms with van der Waals surface area (Å²) in [5.41, 5.74) is 3.24. The fourth-order valence-electron chi connectivity index (χ4n) is 5.79. The highest BCUT2D eigenvalue weighted by atomic mass is 16.5. The molecule has 1 N–H and O–H groups in total. The summed E-state index contributed by atoms with van der Waals surface area (Å²) in [4.78, 5) is 48.1. The summed E-state index contributed by atoms with van der Waals surface area (Å²) in [7, 11) is 3.39. The standard InChI is InChI=1S/C33H39N5O4/c1-33(2)31(40)36(3)28-11-10-25(22-29(28)37(4)32(33)41)42-21-7-16-35-27(24-12-17-34-18-13-24)15-20-38-19-14-23-8-5-6-9-26(23)30(38)39/h5-6,8-13,17-18,22,27,35H,7,14-16,19-21H2,1-4H3. The summed E-state index contributed by atoms with van der Waals surface area (Å²) >= 11 is 0. The largest absolute Gasteiger partial charge is 0.493 e. The molecule has 2 aliphatic rings. The van der Waals surface area contributed by atoms with Gasteiger partial charge in [0.2, 0.25) is 11.8 Å². The summed E-state index contributed by atoms with van der Waals surface area (Å²) in [5, 5.41) is 3.64. The number of nitrogens with zero attached hydrogens (tertiary/aromatic N) is 4. The van der Waals surface area contributed by atoms with Gasteiger partial charge in [-0.15, -0.1) is 0 Å². The molecule has 0 spiro atoms. The Morgan fingerprint density at radius 1 is 0.952 bits per heavy atom. The van der Waals surface area contributed by atoms with Gasteiger partial charge in [0.25, 0.3) is 5.91 Å². The molecule has 0 aliphatic carbocycles. The number of hydrogen-bond acceptors (Lipinski definition) is 6. The molecule has 1 atom stereocenters. The second kappa shape index (κ2) is 12.3. The Morgan fingerprint density at radius 2 is 1.67 bits per heavy atom. The van der Waals surface area contributed by atoms with E-state index in [-0.39, 0.29) is 23.8 Å². The summed E-state index contributed by atoms with van der Waals surface area (Å²) < 4.78 is 6.06. The third kappa shape index (κ3) is 5.87. The van der Waals surface area contributed by atoms with Crippen LogP contribution >= 0.6 is 0 Å². The van der Waals surface area contributed by atoms with Crippen LogP contribution in [0.5, 0.6) is 5.75 Å². The number of carbonyl (C=O) groups is 3. The molecule has 3 amide bonds. The zero-order valence-corrected chi connectivity index (χ0v) is 24.8. The SMILES string of the molecule is CN1C(=O)C(C)(C)C(=O)N(C)c2cc(OCCCNC(CCN3CCc4ccccc4C3=O)c3ccncc3)ccc21. The first kappa shape index (κ1) is 29.3. The summed E-state index contributed by atoms with van der Waals surface area (Å²) in [6.07, 6.45) is 6.01. The molecule has 1 unspecified atom stereocenters. The third-order valence-electron chi connectivity index (χ3n) is 8.31. The van der Waals surface area contributed by atoms with Gasteiger partial charge >= 0.3 is 0 Å². The Kier molecular flexibility index (Phi) is 8.59. The highest BCUT2D eigenvalue weighted by Crippen LogP contribution is 2.39. The lowest BCUT2D eigenvalue weighted by molar-refractivity contribution is -0.137. The highest BCUT2D eigenvalue weighted by Gasteiger charge is 2.44. The van der Waals surface area contributed by atoms with Crippen molar-refractivity contribution in [2.75, 3.05) is 50.1 Å². The highest BCUT2D eigenvalue weighted by molar-refractivity contribution is 6.19. The predicted molar refractivity (Wildman–Crippen MR) is 163 cm³/mol. The molecule has 0 bridgehead atoms. The quantitative estimate of drug-likeness (QED) is 0.290. The van der Waals surface area contributed by atoms with E-state index in [1.165, 1.54) is 4.90 Å². The van der Waals surface area contributed by atoms with Crippen LogP contribution in [0.1, 0.15) is 54.2 Å². The zero-order chi connectivity index (χ0) is 29.9. The lowest BCUT2D eigenvalue weighted by atomic mass is 9.90. The molecule has 0 fully saturated rings. The van der Waals surface area contributed by atoms with Crippen LogP contribution in [0, 0.1) is 5.41 Å². The Bertz CT molecular complexity index is 1460. The maximum atomic E-state index is 13.1. The first-order valence-corrected chi connectivity index (χ1v) is 14.5. The van der Waals surface area contributed by atoms with Crippen molar-refractivity contribution < 1.29 is 19.1 Å². The number of nitrogens with one attached hydrogen (secondary N) is 1. The molecule has 9 nitrogen and oxygen atoms in total. The van der Waals surface area contributed by atoms with E-state index in [0.717, 1.165) is 49.0 Å². The van der Waals surface area contributed by atoms with Crippen molar-refractivity contribution in [3.63, 3.8) is 0 Å². The molecule has 0 radical (unpaired) electrons. The molecule has 5 rings (SSSR count). The van der Waals surface area contributed by atoms with Crippen LogP contribution in [0.15, 0.2) is 67.0 Å². The Labute approximate surface area is 247 Å². The van der Waals surface area contributed by atoms with Crippen molar-refractivity contribution in [1.29, 1.82) is 0 Å². The molecule has 0 saturated heterocycles. The van der Waals surface area contributed by atoms with Gasteiger partial charge in [0, 0.05) is 57.3 Å². The molecule has 42 heavy (non-hydrogen) atoms. The smallest absolute Gasteiger partial charge is 0.254 e. The summed E-state index contributed by atoms with van der Waals surface area (Å²) in [6, 6.07) is 17.4. The van der Waals surface area contributed by atoms with E-state index in [1.54, 1.807) is 45.2 Å². The number of pyridine rings is 1. The number of carbonyl (C=O) groups excluding carboxylic acids is 3. The van der Waals surface area contributed by atoms with Gasteiger partial charge in [0.15, 0.2) is 0 Å². The molecule has 1 aromatic heterocycles. The van der Waals surface area contributed by atoms with Crippen LogP contribution in [-0.2, 0) is 16.0 Å². The van der Waals surface area contributed by atoms with E-state index in [9.17, 15) is 14.4 Å². The summed E-state index contributed by atoms with van der Waals surface area (Å²) in [5.74, 6) is 0.252. The van der Waals surface area contributed by atoms with Crippen LogP contribution in [-0.4, -0.2) is 67.9 Å². The number of anilines is 2. The van der Waals surface area contributed by atoms with Crippen LogP contribution in [0.4, 0.5) is 11.4 Å². The predicted octanol–water partition coefficient (Wildman–Crippen LogP) is 4.24. The van der Waals surface area contributed by atoms with Crippen LogP contribution < -0.4 is 19.9 Å². The average molecular weight is 570 g/mol. The number of hydrogen-bond donors (Lipinski definition) is 1. The van der Waals surface area contributed by atoms with Gasteiger partial charge in [-0.1, -0.05) is 18.2 Å². The molecular weight excluding hydrogens is 530 g/mol. The average Bonchev–Trinajstić information content (AvgIpc) is 3.05. The van der Waals surface area contributed by atoms with E-state index in [4.69, 9.17) is 4.74 Å². The maximum Gasteiger partial charge on any atom is 0.254 e. The molecule has 2 aliphatic heterocycles. The van der Waals surface area contributed by atoms with Gasteiger partial charge in [-0.25, -0.2) is 0 Å². The number of aromatic nitrogens is 1. The van der Waals surface area contributed by atoms with Crippen molar-refractivity contribution >= 4 is 29.1 Å². The van der Waals surface area contributed by atoms with Crippen molar-refractivity contribution in [3.8, 4) is 5.75 Å². The Balaban J connectivity index is 1.17. The van der Waals surface area contributed by atoms with Crippen LogP contribution in [0.25, 0.3) is 0 Å². The van der Waals surface area contributed by atoms with Crippen molar-refractivity contribution in [3.05, 3.63) is 83.7 Å². The Morgan fingerprint density at radius 3 is 2.43 bits per heavy atom. The number of rotatable bonds is 10. The van der Waals surface area contributed by atoms with E-state index >= 15 is 0 Å². The van der Waals surface area contributed by atoms with Crippen molar-refractivity contribution in [1.82, 2.24) is 15.2 Å². The van der Waals surface area contributed by atoms with E-state index in [0.29, 0.717) is 30.3 Å². The Hall–Kier alpha value is -4.24. The minimum atomic E-state index is -1.15.